The lowest BCUT2D eigenvalue weighted by molar-refractivity contribution is 0.429. The van der Waals surface area contributed by atoms with E-state index >= 15 is 0 Å². The third-order valence-electron chi connectivity index (χ3n) is 1.72. The lowest BCUT2D eigenvalue weighted by atomic mass is 10.3. The van der Waals surface area contributed by atoms with Crippen molar-refractivity contribution in [2.75, 3.05) is 5.73 Å². The predicted molar refractivity (Wildman–Crippen MR) is 54.0 cm³/mol. The minimum absolute atomic E-state index is 0.0957. The largest absolute Gasteiger partial charge is 0.416 e. The van der Waals surface area contributed by atoms with Crippen LogP contribution in [0.5, 0.6) is 0 Å². The highest BCUT2D eigenvalue weighted by molar-refractivity contribution is 7.99. The maximum absolute atomic E-state index is 13.1. The normalized spacial score (nSPS) is 10.5. The summed E-state index contributed by atoms with van der Waals surface area (Å²) in [6, 6.07) is 4.58. The van der Waals surface area contributed by atoms with E-state index in [0.717, 1.165) is 11.8 Å². The molecule has 6 heteroatoms. The molecule has 0 spiro atoms. The van der Waals surface area contributed by atoms with E-state index < -0.39 is 5.82 Å². The molecule has 0 aliphatic heterocycles. The van der Waals surface area contributed by atoms with Crippen LogP contribution < -0.4 is 5.73 Å². The molecular formula is C9H8FN3OS. The van der Waals surface area contributed by atoms with Crippen molar-refractivity contribution in [2.45, 2.75) is 17.0 Å². The molecule has 0 bridgehead atoms. The molecule has 0 atom stereocenters. The van der Waals surface area contributed by atoms with E-state index in [-0.39, 0.29) is 5.69 Å². The SMILES string of the molecule is Cc1nnc(Sc2cccc(F)c2N)o1. The van der Waals surface area contributed by atoms with E-state index in [1.54, 1.807) is 19.1 Å². The van der Waals surface area contributed by atoms with Gasteiger partial charge in [-0.2, -0.15) is 0 Å². The lowest BCUT2D eigenvalue weighted by Crippen LogP contribution is -1.92. The first-order valence-electron chi connectivity index (χ1n) is 4.19. The van der Waals surface area contributed by atoms with Gasteiger partial charge < -0.3 is 10.2 Å². The van der Waals surface area contributed by atoms with Gasteiger partial charge in [-0.3, -0.25) is 0 Å². The number of nitrogens with two attached hydrogens (primary N) is 1. The van der Waals surface area contributed by atoms with Gasteiger partial charge >= 0.3 is 0 Å². The van der Waals surface area contributed by atoms with Crippen molar-refractivity contribution in [1.29, 1.82) is 0 Å². The molecule has 1 aromatic carbocycles. The molecule has 15 heavy (non-hydrogen) atoms. The maximum Gasteiger partial charge on any atom is 0.281 e. The van der Waals surface area contributed by atoms with Gasteiger partial charge in [0.2, 0.25) is 5.89 Å². The molecule has 0 fully saturated rings. The van der Waals surface area contributed by atoms with Crippen LogP contribution in [0.1, 0.15) is 5.89 Å². The highest BCUT2D eigenvalue weighted by Crippen LogP contribution is 2.32. The van der Waals surface area contributed by atoms with Crippen molar-refractivity contribution >= 4 is 17.4 Å². The smallest absolute Gasteiger partial charge is 0.281 e. The zero-order valence-electron chi connectivity index (χ0n) is 7.90. The monoisotopic (exact) mass is 225 g/mol. The summed E-state index contributed by atoms with van der Waals surface area (Å²) in [5.74, 6) is 0.0173. The molecule has 0 saturated carbocycles. The maximum atomic E-state index is 13.1. The van der Waals surface area contributed by atoms with Crippen LogP contribution in [0.4, 0.5) is 10.1 Å². The molecule has 1 heterocycles. The fourth-order valence-electron chi connectivity index (χ4n) is 1.02. The molecule has 2 aromatic rings. The van der Waals surface area contributed by atoms with Crippen molar-refractivity contribution in [3.8, 4) is 0 Å². The van der Waals surface area contributed by atoms with Crippen LogP contribution in [-0.2, 0) is 0 Å². The number of hydrogen-bond acceptors (Lipinski definition) is 5. The van der Waals surface area contributed by atoms with E-state index in [1.165, 1.54) is 6.07 Å². The Labute approximate surface area is 89.7 Å². The molecule has 0 aliphatic rings. The van der Waals surface area contributed by atoms with Crippen LogP contribution in [-0.4, -0.2) is 10.2 Å². The highest BCUT2D eigenvalue weighted by Gasteiger charge is 2.09. The van der Waals surface area contributed by atoms with E-state index in [2.05, 4.69) is 10.2 Å². The summed E-state index contributed by atoms with van der Waals surface area (Å²) in [5.41, 5.74) is 5.65. The minimum Gasteiger partial charge on any atom is -0.416 e. The van der Waals surface area contributed by atoms with Gasteiger partial charge in [0.15, 0.2) is 0 Å². The average Bonchev–Trinajstić information content (AvgIpc) is 2.59. The average molecular weight is 225 g/mol. The zero-order valence-corrected chi connectivity index (χ0v) is 8.71. The van der Waals surface area contributed by atoms with Crippen molar-refractivity contribution in [3.05, 3.63) is 29.9 Å². The van der Waals surface area contributed by atoms with E-state index in [0.29, 0.717) is 16.0 Å². The van der Waals surface area contributed by atoms with E-state index in [1.807, 2.05) is 0 Å². The second kappa shape index (κ2) is 3.90. The molecule has 0 saturated heterocycles. The van der Waals surface area contributed by atoms with Crippen LogP contribution in [0.25, 0.3) is 0 Å². The number of hydrogen-bond donors (Lipinski definition) is 1. The summed E-state index contributed by atoms with van der Waals surface area (Å²) < 4.78 is 18.2. The Balaban J connectivity index is 2.28. The van der Waals surface area contributed by atoms with Crippen molar-refractivity contribution in [3.63, 3.8) is 0 Å². The lowest BCUT2D eigenvalue weighted by Gasteiger charge is -2.01. The number of nitrogen functional groups attached to an aromatic ring is 1. The topological polar surface area (TPSA) is 64.9 Å². The van der Waals surface area contributed by atoms with Gasteiger partial charge in [0.05, 0.1) is 5.69 Å². The Morgan fingerprint density at radius 3 is 2.87 bits per heavy atom. The summed E-state index contributed by atoms with van der Waals surface area (Å²) in [4.78, 5) is 0.568. The highest BCUT2D eigenvalue weighted by atomic mass is 32.2. The minimum atomic E-state index is -0.448. The molecule has 78 valence electrons. The van der Waals surface area contributed by atoms with Crippen molar-refractivity contribution < 1.29 is 8.81 Å². The molecule has 4 nitrogen and oxygen atoms in total. The quantitative estimate of drug-likeness (QED) is 0.794. The molecule has 1 aromatic heterocycles. The fraction of sp³-hybridized carbons (Fsp3) is 0.111. The third kappa shape index (κ3) is 2.10. The van der Waals surface area contributed by atoms with Gasteiger partial charge in [-0.05, 0) is 23.9 Å². The van der Waals surface area contributed by atoms with Crippen molar-refractivity contribution in [2.24, 2.45) is 0 Å². The third-order valence-corrected chi connectivity index (χ3v) is 2.63. The second-order valence-corrected chi connectivity index (χ2v) is 3.83. The van der Waals surface area contributed by atoms with E-state index in [4.69, 9.17) is 10.2 Å². The van der Waals surface area contributed by atoms with Gasteiger partial charge in [-0.1, -0.05) is 6.07 Å². The molecule has 0 unspecified atom stereocenters. The van der Waals surface area contributed by atoms with Crippen LogP contribution >= 0.6 is 11.8 Å². The van der Waals surface area contributed by atoms with Crippen molar-refractivity contribution in [1.82, 2.24) is 10.2 Å². The van der Waals surface area contributed by atoms with Crippen LogP contribution in [0, 0.1) is 12.7 Å². The Kier molecular flexibility index (Phi) is 2.59. The number of rotatable bonds is 2. The molecule has 0 amide bonds. The molecule has 0 aliphatic carbocycles. The molecular weight excluding hydrogens is 217 g/mol. The number of anilines is 1. The predicted octanol–water partition coefficient (Wildman–Crippen LogP) is 2.25. The second-order valence-electron chi connectivity index (χ2n) is 2.84. The Morgan fingerprint density at radius 1 is 1.40 bits per heavy atom. The number of benzene rings is 1. The molecule has 0 radical (unpaired) electrons. The van der Waals surface area contributed by atoms with Gasteiger partial charge in [-0.15, -0.1) is 10.2 Å². The van der Waals surface area contributed by atoms with Gasteiger partial charge in [0, 0.05) is 11.8 Å². The van der Waals surface area contributed by atoms with E-state index in [9.17, 15) is 4.39 Å². The Hall–Kier alpha value is -1.56. The molecule has 2 N–H and O–H groups in total. The van der Waals surface area contributed by atoms with Crippen LogP contribution in [0.3, 0.4) is 0 Å². The number of nitrogens with zero attached hydrogens (tertiary/aromatic N) is 2. The van der Waals surface area contributed by atoms with Gasteiger partial charge in [0.1, 0.15) is 5.82 Å². The first kappa shape index (κ1) is 9.97. The first-order valence-corrected chi connectivity index (χ1v) is 5.00. The standard InChI is InChI=1S/C9H8FN3OS/c1-5-12-13-9(14-5)15-7-4-2-3-6(10)8(7)11/h2-4H,11H2,1H3. The summed E-state index contributed by atoms with van der Waals surface area (Å²) in [5, 5.41) is 7.79. The first-order chi connectivity index (χ1) is 7.16. The van der Waals surface area contributed by atoms with Crippen LogP contribution in [0.15, 0.2) is 32.7 Å². The number of aryl methyl sites for hydroxylation is 1. The van der Waals surface area contributed by atoms with Crippen LogP contribution in [0.2, 0.25) is 0 Å². The summed E-state index contributed by atoms with van der Waals surface area (Å²) in [6.07, 6.45) is 0. The summed E-state index contributed by atoms with van der Waals surface area (Å²) in [6.45, 7) is 1.69. The number of aromatic nitrogens is 2. The summed E-state index contributed by atoms with van der Waals surface area (Å²) >= 11 is 1.14. The number of para-hydroxylation sites is 1. The van der Waals surface area contributed by atoms with Gasteiger partial charge in [-0.25, -0.2) is 4.39 Å². The zero-order chi connectivity index (χ0) is 10.8. The Bertz CT molecular complexity index is 486. The summed E-state index contributed by atoms with van der Waals surface area (Å²) in [7, 11) is 0. The fourth-order valence-corrected chi connectivity index (χ4v) is 1.81. The number of halogens is 1. The Morgan fingerprint density at radius 2 is 2.20 bits per heavy atom. The molecule has 2 rings (SSSR count). The van der Waals surface area contributed by atoms with Gasteiger partial charge in [0.25, 0.3) is 5.22 Å².